The summed E-state index contributed by atoms with van der Waals surface area (Å²) in [6, 6.07) is 78.7. The number of para-hydroxylation sites is 6. The molecule has 0 fully saturated rings. The third-order valence-corrected chi connectivity index (χ3v) is 18.0. The molecular formula is C78H46B2F8N6. The van der Waals surface area contributed by atoms with Crippen LogP contribution in [0.2, 0.25) is 0 Å². The van der Waals surface area contributed by atoms with Crippen LogP contribution in [0, 0.1) is 46.5 Å². The van der Waals surface area contributed by atoms with Gasteiger partial charge in [-0.25, -0.2) is 35.1 Å². The fraction of sp³-hybridized carbons (Fsp3) is 0. The minimum absolute atomic E-state index is 0.0659. The van der Waals surface area contributed by atoms with E-state index in [-0.39, 0.29) is 22.7 Å². The van der Waals surface area contributed by atoms with Crippen molar-refractivity contribution in [1.82, 2.24) is 0 Å². The van der Waals surface area contributed by atoms with E-state index in [2.05, 4.69) is 6.07 Å². The normalized spacial score (nSPS) is 13.0. The van der Waals surface area contributed by atoms with Gasteiger partial charge in [0.1, 0.15) is 46.5 Å². The molecule has 0 bridgehead atoms. The minimum atomic E-state index is -0.882. The Bertz CT molecular complexity index is 4750. The van der Waals surface area contributed by atoms with Gasteiger partial charge >= 0.3 is 0 Å². The number of hydrogen-bond donors (Lipinski definition) is 0. The molecule has 0 radical (unpaired) electrons. The molecule has 13 aromatic rings. The summed E-state index contributed by atoms with van der Waals surface area (Å²) in [5.74, 6) is -6.80. The first kappa shape index (κ1) is 56.2. The maximum absolute atomic E-state index is 16.5. The molecule has 4 aliphatic heterocycles. The molecule has 0 amide bonds. The molecule has 0 saturated carbocycles. The SMILES string of the molecule is Fc1cc(F)cc(N2c3ccccc3B3c4cc5c(cc4N(c4cc(F)cc(F)c4)c4cc(N(c6ccccc6)c6ccccc6)cc2c43)N(c2cc(F)cc(F)c2)c2cc(N(c3ccccc3)c3ccccc3)cc3c2B5c2ccccc2N3c2cc(F)cc(F)c2)c1. The van der Waals surface area contributed by atoms with Crippen LogP contribution in [0.5, 0.6) is 0 Å². The minimum Gasteiger partial charge on any atom is -0.311 e. The highest BCUT2D eigenvalue weighted by atomic mass is 19.2. The lowest BCUT2D eigenvalue weighted by Gasteiger charge is -2.47. The second-order valence-corrected chi connectivity index (χ2v) is 23.6. The van der Waals surface area contributed by atoms with Crippen molar-refractivity contribution in [2.75, 3.05) is 29.4 Å². The van der Waals surface area contributed by atoms with E-state index in [1.165, 1.54) is 48.5 Å². The Hall–Kier alpha value is -11.8. The molecule has 0 N–H and O–H groups in total. The van der Waals surface area contributed by atoms with Gasteiger partial charge in [-0.3, -0.25) is 0 Å². The lowest BCUT2D eigenvalue weighted by molar-refractivity contribution is 0.583. The number of hydrogen-bond acceptors (Lipinski definition) is 6. The van der Waals surface area contributed by atoms with Crippen molar-refractivity contribution in [3.63, 3.8) is 0 Å². The highest BCUT2D eigenvalue weighted by Gasteiger charge is 2.49. The highest BCUT2D eigenvalue weighted by Crippen LogP contribution is 2.53. The van der Waals surface area contributed by atoms with Gasteiger partial charge < -0.3 is 29.4 Å². The maximum Gasteiger partial charge on any atom is 0.252 e. The fourth-order valence-electron chi connectivity index (χ4n) is 14.6. The summed E-state index contributed by atoms with van der Waals surface area (Å²) >= 11 is 0. The van der Waals surface area contributed by atoms with E-state index in [0.29, 0.717) is 89.7 Å². The average Bonchev–Trinajstić information content (AvgIpc) is 0.687. The van der Waals surface area contributed by atoms with Gasteiger partial charge in [0, 0.05) is 92.5 Å². The Balaban J connectivity index is 1.02. The van der Waals surface area contributed by atoms with Crippen LogP contribution in [-0.2, 0) is 0 Å². The highest BCUT2D eigenvalue weighted by molar-refractivity contribution is 7.03. The first-order chi connectivity index (χ1) is 45.9. The second-order valence-electron chi connectivity index (χ2n) is 23.6. The maximum atomic E-state index is 16.5. The van der Waals surface area contributed by atoms with Crippen LogP contribution < -0.4 is 62.2 Å². The fourth-order valence-corrected chi connectivity index (χ4v) is 14.6. The standard InChI is InChI=1S/C78H46B2F8N6/c81-47-29-48(82)34-59(33-47)91-69-27-15-13-25-65(69)79-67-45-68-72(46-71(67)93(61-37-51(85)31-52(86)38-61)75-43-63(41-73(91)77(75)79)89(55-17-5-1-6-18-55)56-19-7-2-8-20-56)94(62-39-53(87)32-54(88)40-62)76-44-64(90(57-21-9-3-10-22-57)58-23-11-4-12-24-58)42-74-78(76)80(68)66-26-14-16-28-70(66)92(74)60-35-49(83)30-50(84)36-60/h1-46H. The Morgan fingerprint density at radius 2 is 0.447 bits per heavy atom. The van der Waals surface area contributed by atoms with E-state index in [9.17, 15) is 0 Å². The number of anilines is 18. The van der Waals surface area contributed by atoms with Crippen molar-refractivity contribution in [3.05, 3.63) is 326 Å². The van der Waals surface area contributed by atoms with Crippen LogP contribution in [0.3, 0.4) is 0 Å². The van der Waals surface area contributed by atoms with Crippen molar-refractivity contribution in [3.8, 4) is 0 Å². The van der Waals surface area contributed by atoms with Gasteiger partial charge in [-0.1, -0.05) is 115 Å². The molecule has 0 aliphatic carbocycles. The molecule has 0 aromatic heterocycles. The van der Waals surface area contributed by atoms with Gasteiger partial charge in [-0.15, -0.1) is 0 Å². The molecule has 4 heterocycles. The Kier molecular flexibility index (Phi) is 13.1. The summed E-state index contributed by atoms with van der Waals surface area (Å²) in [5.41, 5.74) is 12.3. The molecular weight excluding hydrogens is 1190 g/mol. The zero-order valence-electron chi connectivity index (χ0n) is 49.4. The van der Waals surface area contributed by atoms with E-state index in [0.717, 1.165) is 47.0 Å². The zero-order valence-corrected chi connectivity index (χ0v) is 49.4. The topological polar surface area (TPSA) is 19.4 Å². The van der Waals surface area contributed by atoms with Crippen LogP contribution in [-0.4, -0.2) is 13.4 Å². The number of rotatable bonds is 10. The number of benzene rings is 13. The van der Waals surface area contributed by atoms with E-state index in [1.807, 2.05) is 220 Å². The largest absolute Gasteiger partial charge is 0.311 e. The van der Waals surface area contributed by atoms with Crippen LogP contribution in [0.25, 0.3) is 0 Å². The van der Waals surface area contributed by atoms with Gasteiger partial charge in [-0.2, -0.15) is 0 Å². The summed E-state index contributed by atoms with van der Waals surface area (Å²) in [5, 5.41) is 0. The van der Waals surface area contributed by atoms with Crippen LogP contribution in [0.1, 0.15) is 0 Å². The quantitative estimate of drug-likeness (QED) is 0.0997. The second kappa shape index (κ2) is 22.0. The van der Waals surface area contributed by atoms with Gasteiger partial charge in [0.25, 0.3) is 13.4 Å². The van der Waals surface area contributed by atoms with E-state index in [1.54, 1.807) is 9.80 Å². The Labute approximate surface area is 536 Å². The number of nitrogens with zero attached hydrogens (tertiary/aromatic N) is 6. The molecule has 0 saturated heterocycles. The Morgan fingerprint density at radius 1 is 0.202 bits per heavy atom. The number of fused-ring (bicyclic) bond motifs is 8. The molecule has 0 unspecified atom stereocenters. The molecule has 16 heteroatoms. The van der Waals surface area contributed by atoms with Gasteiger partial charge in [0.05, 0.1) is 34.1 Å². The van der Waals surface area contributed by atoms with Crippen molar-refractivity contribution >= 4 is 149 Å². The average molecular weight is 1240 g/mol. The predicted molar refractivity (Wildman–Crippen MR) is 364 cm³/mol. The monoisotopic (exact) mass is 1240 g/mol. The first-order valence-corrected chi connectivity index (χ1v) is 30.5. The summed E-state index contributed by atoms with van der Waals surface area (Å²) in [7, 11) is 0. The molecule has 6 nitrogen and oxygen atoms in total. The predicted octanol–water partition coefficient (Wildman–Crippen LogP) is 17.9. The lowest BCUT2D eigenvalue weighted by Crippen LogP contribution is -2.65. The van der Waals surface area contributed by atoms with Crippen LogP contribution >= 0.6 is 0 Å². The molecule has 94 heavy (non-hydrogen) atoms. The Morgan fingerprint density at radius 3 is 0.723 bits per heavy atom. The molecule has 0 atom stereocenters. The van der Waals surface area contributed by atoms with Gasteiger partial charge in [0.2, 0.25) is 0 Å². The smallest absolute Gasteiger partial charge is 0.252 e. The van der Waals surface area contributed by atoms with E-state index < -0.39 is 60.0 Å². The molecule has 450 valence electrons. The van der Waals surface area contributed by atoms with Crippen molar-refractivity contribution < 1.29 is 35.1 Å². The van der Waals surface area contributed by atoms with Gasteiger partial charge in [0.15, 0.2) is 0 Å². The number of halogens is 8. The summed E-state index contributed by atoms with van der Waals surface area (Å²) in [6.07, 6.45) is 0. The first-order valence-electron chi connectivity index (χ1n) is 30.5. The van der Waals surface area contributed by atoms with Gasteiger partial charge in [-0.05, 0) is 172 Å². The lowest BCUT2D eigenvalue weighted by atomic mass is 9.30. The third kappa shape index (κ3) is 9.18. The van der Waals surface area contributed by atoms with Crippen molar-refractivity contribution in [1.29, 1.82) is 0 Å². The zero-order chi connectivity index (χ0) is 63.6. The summed E-state index contributed by atoms with van der Waals surface area (Å²) < 4.78 is 130. The summed E-state index contributed by atoms with van der Waals surface area (Å²) in [6.45, 7) is -1.50. The third-order valence-electron chi connectivity index (χ3n) is 18.0. The van der Waals surface area contributed by atoms with Crippen LogP contribution in [0.15, 0.2) is 279 Å². The van der Waals surface area contributed by atoms with Crippen LogP contribution in [0.4, 0.5) is 137 Å². The molecule has 13 aromatic carbocycles. The van der Waals surface area contributed by atoms with E-state index in [4.69, 9.17) is 0 Å². The molecule has 4 aliphatic rings. The van der Waals surface area contributed by atoms with Crippen molar-refractivity contribution in [2.45, 2.75) is 0 Å². The van der Waals surface area contributed by atoms with E-state index >= 15 is 35.1 Å². The van der Waals surface area contributed by atoms with Crippen molar-refractivity contribution in [2.24, 2.45) is 0 Å². The summed E-state index contributed by atoms with van der Waals surface area (Å²) in [4.78, 5) is 11.3. The molecule has 0 spiro atoms. The molecule has 17 rings (SSSR count).